The molecule has 0 aromatic heterocycles. The van der Waals surface area contributed by atoms with Gasteiger partial charge in [-0.3, -0.25) is 4.79 Å². The zero-order valence-corrected chi connectivity index (χ0v) is 8.38. The fourth-order valence-corrected chi connectivity index (χ4v) is 1.51. The molecule has 1 heterocycles. The number of carbonyl (C=O) groups is 1. The maximum atomic E-state index is 11.4. The summed E-state index contributed by atoms with van der Waals surface area (Å²) in [5.74, 6) is 0.120. The van der Waals surface area contributed by atoms with Crippen LogP contribution in [0.3, 0.4) is 0 Å². The normalized spacial score (nSPS) is 23.7. The van der Waals surface area contributed by atoms with E-state index >= 15 is 0 Å². The second kappa shape index (κ2) is 5.19. The molecular formula is C9H18N2O2. The first-order chi connectivity index (χ1) is 6.25. The zero-order valence-electron chi connectivity index (χ0n) is 8.38. The topological polar surface area (TPSA) is 41.6 Å². The van der Waals surface area contributed by atoms with Gasteiger partial charge in [-0.2, -0.15) is 0 Å². The zero-order chi connectivity index (χ0) is 9.68. The molecular weight excluding hydrogens is 168 g/mol. The molecule has 1 fully saturated rings. The quantitative estimate of drug-likeness (QED) is 0.620. The minimum absolute atomic E-state index is 0.120. The van der Waals surface area contributed by atoms with Crippen molar-refractivity contribution in [2.45, 2.75) is 19.4 Å². The van der Waals surface area contributed by atoms with Gasteiger partial charge in [0.25, 0.3) is 0 Å². The van der Waals surface area contributed by atoms with Gasteiger partial charge in [0.15, 0.2) is 0 Å². The maximum absolute atomic E-state index is 11.4. The predicted octanol–water partition coefficient (Wildman–Crippen LogP) is -0.157. The number of ether oxygens (including phenoxy) is 1. The molecule has 1 atom stereocenters. The smallest absolute Gasteiger partial charge is 0.248 e. The van der Waals surface area contributed by atoms with Crippen LogP contribution in [0, 0.1) is 0 Å². The van der Waals surface area contributed by atoms with Crippen LogP contribution in [0.1, 0.15) is 13.3 Å². The molecule has 0 spiro atoms. The van der Waals surface area contributed by atoms with Crippen LogP contribution in [0.5, 0.6) is 0 Å². The van der Waals surface area contributed by atoms with E-state index in [9.17, 15) is 4.79 Å². The summed E-state index contributed by atoms with van der Waals surface area (Å²) < 4.78 is 5.12. The Kier molecular flexibility index (Phi) is 4.18. The van der Waals surface area contributed by atoms with Crippen molar-refractivity contribution in [3.63, 3.8) is 0 Å². The average molecular weight is 186 g/mol. The van der Waals surface area contributed by atoms with Crippen LogP contribution < -0.4 is 5.32 Å². The van der Waals surface area contributed by atoms with E-state index < -0.39 is 0 Å². The van der Waals surface area contributed by atoms with Crippen LogP contribution in [0.2, 0.25) is 0 Å². The van der Waals surface area contributed by atoms with Gasteiger partial charge < -0.3 is 15.0 Å². The molecule has 13 heavy (non-hydrogen) atoms. The van der Waals surface area contributed by atoms with E-state index in [1.54, 1.807) is 0 Å². The molecule has 1 amide bonds. The second-order valence-electron chi connectivity index (χ2n) is 3.41. The lowest BCUT2D eigenvalue weighted by Gasteiger charge is -2.33. The van der Waals surface area contributed by atoms with E-state index in [0.29, 0.717) is 6.61 Å². The molecule has 0 aromatic carbocycles. The van der Waals surface area contributed by atoms with Crippen LogP contribution in [0.4, 0.5) is 0 Å². The number of amides is 1. The van der Waals surface area contributed by atoms with Crippen molar-refractivity contribution in [2.75, 3.05) is 33.4 Å². The van der Waals surface area contributed by atoms with Crippen LogP contribution in [-0.4, -0.2) is 50.2 Å². The Morgan fingerprint density at radius 1 is 1.69 bits per heavy atom. The number of morpholine rings is 1. The standard InChI is InChI=1S/C9H18N2O2/c1-8-6-13-7-9(12)11(8)5-3-4-10-2/h8,10H,3-7H2,1-2H3. The molecule has 1 aliphatic heterocycles. The van der Waals surface area contributed by atoms with Crippen LogP contribution in [0.15, 0.2) is 0 Å². The van der Waals surface area contributed by atoms with Crippen LogP contribution in [0.25, 0.3) is 0 Å². The van der Waals surface area contributed by atoms with Crippen LogP contribution >= 0.6 is 0 Å². The number of hydrogen-bond donors (Lipinski definition) is 1. The summed E-state index contributed by atoms with van der Waals surface area (Å²) in [5.41, 5.74) is 0. The predicted molar refractivity (Wildman–Crippen MR) is 50.5 cm³/mol. The molecule has 1 unspecified atom stereocenters. The monoisotopic (exact) mass is 186 g/mol. The first-order valence-corrected chi connectivity index (χ1v) is 4.77. The molecule has 4 nitrogen and oxygen atoms in total. The maximum Gasteiger partial charge on any atom is 0.248 e. The minimum Gasteiger partial charge on any atom is -0.370 e. The summed E-state index contributed by atoms with van der Waals surface area (Å²) in [6, 6.07) is 0.234. The molecule has 0 saturated carbocycles. The van der Waals surface area contributed by atoms with Crippen molar-refractivity contribution in [2.24, 2.45) is 0 Å². The highest BCUT2D eigenvalue weighted by atomic mass is 16.5. The summed E-state index contributed by atoms with van der Waals surface area (Å²) in [5, 5.41) is 3.07. The van der Waals surface area contributed by atoms with Crippen molar-refractivity contribution >= 4 is 5.91 Å². The largest absolute Gasteiger partial charge is 0.370 e. The summed E-state index contributed by atoms with van der Waals surface area (Å²) >= 11 is 0. The Balaban J connectivity index is 2.31. The number of hydrogen-bond acceptors (Lipinski definition) is 3. The number of nitrogens with one attached hydrogen (secondary N) is 1. The van der Waals surface area contributed by atoms with Crippen LogP contribution in [-0.2, 0) is 9.53 Å². The van der Waals surface area contributed by atoms with E-state index in [2.05, 4.69) is 5.32 Å². The van der Waals surface area contributed by atoms with Crippen molar-refractivity contribution in [1.29, 1.82) is 0 Å². The molecule has 1 N–H and O–H groups in total. The molecule has 0 aromatic rings. The van der Waals surface area contributed by atoms with E-state index in [1.807, 2.05) is 18.9 Å². The lowest BCUT2D eigenvalue weighted by Crippen LogP contribution is -2.48. The molecule has 1 rings (SSSR count). The molecule has 1 aliphatic rings. The van der Waals surface area contributed by atoms with Crippen molar-refractivity contribution in [3.8, 4) is 0 Å². The summed E-state index contributed by atoms with van der Waals surface area (Å²) in [4.78, 5) is 13.3. The Morgan fingerprint density at radius 2 is 2.46 bits per heavy atom. The molecule has 4 heteroatoms. The third kappa shape index (κ3) is 2.97. The number of carbonyl (C=O) groups excluding carboxylic acids is 1. The number of rotatable bonds is 4. The van der Waals surface area contributed by atoms with E-state index in [4.69, 9.17) is 4.74 Å². The first kappa shape index (κ1) is 10.5. The third-order valence-electron chi connectivity index (χ3n) is 2.26. The summed E-state index contributed by atoms with van der Waals surface area (Å²) in [6.45, 7) is 4.74. The van der Waals surface area contributed by atoms with Crippen molar-refractivity contribution in [1.82, 2.24) is 10.2 Å². The molecule has 0 aliphatic carbocycles. The molecule has 76 valence electrons. The van der Waals surface area contributed by atoms with Gasteiger partial charge in [-0.25, -0.2) is 0 Å². The molecule has 1 saturated heterocycles. The van der Waals surface area contributed by atoms with E-state index in [-0.39, 0.29) is 18.6 Å². The van der Waals surface area contributed by atoms with Gasteiger partial charge in [0.2, 0.25) is 5.91 Å². The highest BCUT2D eigenvalue weighted by molar-refractivity contribution is 5.78. The van der Waals surface area contributed by atoms with E-state index in [0.717, 1.165) is 19.5 Å². The van der Waals surface area contributed by atoms with E-state index in [1.165, 1.54) is 0 Å². The third-order valence-corrected chi connectivity index (χ3v) is 2.26. The first-order valence-electron chi connectivity index (χ1n) is 4.77. The highest BCUT2D eigenvalue weighted by Gasteiger charge is 2.24. The lowest BCUT2D eigenvalue weighted by atomic mass is 10.2. The number of nitrogens with zero attached hydrogens (tertiary/aromatic N) is 1. The Bertz CT molecular complexity index is 173. The van der Waals surface area contributed by atoms with Gasteiger partial charge in [-0.1, -0.05) is 0 Å². The lowest BCUT2D eigenvalue weighted by molar-refractivity contribution is -0.147. The van der Waals surface area contributed by atoms with Gasteiger partial charge in [0.1, 0.15) is 6.61 Å². The minimum atomic E-state index is 0.120. The van der Waals surface area contributed by atoms with Gasteiger partial charge >= 0.3 is 0 Å². The summed E-state index contributed by atoms with van der Waals surface area (Å²) in [6.07, 6.45) is 1.01. The SMILES string of the molecule is CNCCCN1C(=O)COCC1C. The fourth-order valence-electron chi connectivity index (χ4n) is 1.51. The highest BCUT2D eigenvalue weighted by Crippen LogP contribution is 2.07. The van der Waals surface area contributed by atoms with Crippen molar-refractivity contribution in [3.05, 3.63) is 0 Å². The Morgan fingerprint density at radius 3 is 3.08 bits per heavy atom. The Labute approximate surface area is 79.2 Å². The summed E-state index contributed by atoms with van der Waals surface area (Å²) in [7, 11) is 1.92. The average Bonchev–Trinajstić information content (AvgIpc) is 2.10. The van der Waals surface area contributed by atoms with Gasteiger partial charge in [-0.05, 0) is 26.9 Å². The Hall–Kier alpha value is -0.610. The fraction of sp³-hybridized carbons (Fsp3) is 0.889. The van der Waals surface area contributed by atoms with Gasteiger partial charge in [-0.15, -0.1) is 0 Å². The van der Waals surface area contributed by atoms with Gasteiger partial charge in [0.05, 0.1) is 12.6 Å². The van der Waals surface area contributed by atoms with Crippen molar-refractivity contribution < 1.29 is 9.53 Å². The molecule has 0 bridgehead atoms. The van der Waals surface area contributed by atoms with Gasteiger partial charge in [0, 0.05) is 6.54 Å². The molecule has 0 radical (unpaired) electrons. The second-order valence-corrected chi connectivity index (χ2v) is 3.41.